The van der Waals surface area contributed by atoms with Gasteiger partial charge < -0.3 is 22.5 Å². The van der Waals surface area contributed by atoms with Crippen molar-refractivity contribution in [3.8, 4) is 0 Å². The SMILES string of the molecule is CCCCCCCCCC(=O)NC(CCCN)(CCCN)CCCN.Cl.Cl.Cl. The van der Waals surface area contributed by atoms with Gasteiger partial charge >= 0.3 is 0 Å². The second-order valence-corrected chi connectivity index (χ2v) is 7.38. The van der Waals surface area contributed by atoms with Crippen molar-refractivity contribution in [1.29, 1.82) is 0 Å². The molecule has 0 radical (unpaired) electrons. The minimum Gasteiger partial charge on any atom is -0.351 e. The molecule has 0 aliphatic rings. The molecule has 0 aromatic heterocycles. The molecular formula is C20H47Cl3N4O. The molecule has 0 atom stereocenters. The van der Waals surface area contributed by atoms with Crippen LogP contribution in [0.4, 0.5) is 0 Å². The predicted octanol–water partition coefficient (Wildman–Crippen LogP) is 4.46. The van der Waals surface area contributed by atoms with Gasteiger partial charge in [-0.2, -0.15) is 0 Å². The Hall–Kier alpha value is 0.220. The summed E-state index contributed by atoms with van der Waals surface area (Å²) in [6.45, 7) is 4.19. The van der Waals surface area contributed by atoms with Crippen molar-refractivity contribution in [3.63, 3.8) is 0 Å². The second kappa shape index (κ2) is 25.3. The summed E-state index contributed by atoms with van der Waals surface area (Å²) >= 11 is 0. The fourth-order valence-corrected chi connectivity index (χ4v) is 3.48. The van der Waals surface area contributed by atoms with E-state index in [1.807, 2.05) is 0 Å². The van der Waals surface area contributed by atoms with E-state index in [1.165, 1.54) is 32.1 Å². The Balaban J connectivity index is -0.000000960. The number of hydrogen-bond acceptors (Lipinski definition) is 4. The number of amides is 1. The van der Waals surface area contributed by atoms with Crippen LogP contribution in [0.1, 0.15) is 96.8 Å². The molecule has 0 rings (SSSR count). The minimum absolute atomic E-state index is 0. The van der Waals surface area contributed by atoms with Gasteiger partial charge in [0.1, 0.15) is 0 Å². The summed E-state index contributed by atoms with van der Waals surface area (Å²) in [5.74, 6) is 0.180. The van der Waals surface area contributed by atoms with Gasteiger partial charge in [0.15, 0.2) is 0 Å². The maximum Gasteiger partial charge on any atom is 0.220 e. The Labute approximate surface area is 192 Å². The average Bonchev–Trinajstić information content (AvgIpc) is 2.62. The van der Waals surface area contributed by atoms with Gasteiger partial charge in [0.25, 0.3) is 0 Å². The summed E-state index contributed by atoms with van der Waals surface area (Å²) in [5, 5.41) is 3.34. The number of rotatable bonds is 18. The standard InChI is InChI=1S/C20H44N4O.3ClH/c1-2-3-4-5-6-7-8-12-19(25)24-20(13-9-16-21,14-10-17-22)15-11-18-23;;;/h2-18,21-23H2,1H3,(H,24,25);3*1H. The van der Waals surface area contributed by atoms with Gasteiger partial charge in [0.05, 0.1) is 0 Å². The molecule has 0 heterocycles. The molecule has 0 bridgehead atoms. The van der Waals surface area contributed by atoms with Crippen LogP contribution in [-0.4, -0.2) is 31.1 Å². The Morgan fingerprint density at radius 3 is 1.46 bits per heavy atom. The van der Waals surface area contributed by atoms with Crippen LogP contribution in [0.5, 0.6) is 0 Å². The lowest BCUT2D eigenvalue weighted by molar-refractivity contribution is -0.123. The molecule has 1 amide bonds. The zero-order valence-corrected chi connectivity index (χ0v) is 20.3. The van der Waals surface area contributed by atoms with Crippen LogP contribution >= 0.6 is 37.2 Å². The molecular weight excluding hydrogens is 419 g/mol. The Morgan fingerprint density at radius 1 is 0.679 bits per heavy atom. The van der Waals surface area contributed by atoms with Crippen LogP contribution < -0.4 is 22.5 Å². The predicted molar refractivity (Wildman–Crippen MR) is 130 cm³/mol. The summed E-state index contributed by atoms with van der Waals surface area (Å²) in [4.78, 5) is 12.5. The third kappa shape index (κ3) is 19.5. The van der Waals surface area contributed by atoms with Gasteiger partial charge in [-0.15, -0.1) is 37.2 Å². The Kier molecular flexibility index (Phi) is 32.2. The number of nitrogens with two attached hydrogens (primary N) is 3. The Bertz CT molecular complexity index is 302. The number of unbranched alkanes of at least 4 members (excludes halogenated alkanes) is 6. The van der Waals surface area contributed by atoms with Gasteiger partial charge in [-0.1, -0.05) is 45.4 Å². The average molecular weight is 466 g/mol. The van der Waals surface area contributed by atoms with Crippen molar-refractivity contribution in [1.82, 2.24) is 5.32 Å². The quantitative estimate of drug-likeness (QED) is 0.224. The van der Waals surface area contributed by atoms with Crippen LogP contribution in [0.15, 0.2) is 0 Å². The minimum atomic E-state index is -0.170. The van der Waals surface area contributed by atoms with E-state index in [2.05, 4.69) is 12.2 Å². The monoisotopic (exact) mass is 464 g/mol. The van der Waals surface area contributed by atoms with Gasteiger partial charge in [-0.05, 0) is 64.6 Å². The topological polar surface area (TPSA) is 107 Å². The van der Waals surface area contributed by atoms with E-state index in [9.17, 15) is 4.79 Å². The zero-order chi connectivity index (χ0) is 18.8. The van der Waals surface area contributed by atoms with E-state index < -0.39 is 0 Å². The zero-order valence-electron chi connectivity index (χ0n) is 17.9. The molecule has 5 nitrogen and oxygen atoms in total. The largest absolute Gasteiger partial charge is 0.351 e. The number of nitrogens with one attached hydrogen (secondary N) is 1. The summed E-state index contributed by atoms with van der Waals surface area (Å²) in [5.41, 5.74) is 17.0. The molecule has 174 valence electrons. The smallest absolute Gasteiger partial charge is 0.220 e. The Morgan fingerprint density at radius 2 is 1.07 bits per heavy atom. The van der Waals surface area contributed by atoms with Crippen molar-refractivity contribution in [2.24, 2.45) is 17.2 Å². The highest BCUT2D eigenvalue weighted by Gasteiger charge is 2.29. The highest BCUT2D eigenvalue weighted by molar-refractivity contribution is 5.86. The molecule has 0 aromatic rings. The highest BCUT2D eigenvalue weighted by atomic mass is 35.5. The van der Waals surface area contributed by atoms with E-state index in [4.69, 9.17) is 17.2 Å². The lowest BCUT2D eigenvalue weighted by Crippen LogP contribution is -2.49. The molecule has 0 spiro atoms. The number of hydrogen-bond donors (Lipinski definition) is 4. The first kappa shape index (κ1) is 35.6. The normalized spacial score (nSPS) is 10.4. The van der Waals surface area contributed by atoms with E-state index in [1.54, 1.807) is 0 Å². The summed E-state index contributed by atoms with van der Waals surface area (Å²) < 4.78 is 0. The van der Waals surface area contributed by atoms with E-state index in [-0.39, 0.29) is 48.7 Å². The lowest BCUT2D eigenvalue weighted by Gasteiger charge is -2.35. The highest BCUT2D eigenvalue weighted by Crippen LogP contribution is 2.25. The molecule has 0 fully saturated rings. The fourth-order valence-electron chi connectivity index (χ4n) is 3.48. The fraction of sp³-hybridized carbons (Fsp3) is 0.950. The third-order valence-corrected chi connectivity index (χ3v) is 4.99. The van der Waals surface area contributed by atoms with E-state index in [0.717, 1.165) is 51.4 Å². The first-order valence-electron chi connectivity index (χ1n) is 10.6. The van der Waals surface area contributed by atoms with Gasteiger partial charge in [0, 0.05) is 12.0 Å². The van der Waals surface area contributed by atoms with Crippen molar-refractivity contribution in [3.05, 3.63) is 0 Å². The molecule has 0 aliphatic carbocycles. The van der Waals surface area contributed by atoms with Crippen molar-refractivity contribution in [2.75, 3.05) is 19.6 Å². The van der Waals surface area contributed by atoms with E-state index in [0.29, 0.717) is 26.1 Å². The lowest BCUT2D eigenvalue weighted by atomic mass is 9.83. The number of halogens is 3. The van der Waals surface area contributed by atoms with E-state index >= 15 is 0 Å². The molecule has 28 heavy (non-hydrogen) atoms. The molecule has 8 heteroatoms. The van der Waals surface area contributed by atoms with Gasteiger partial charge in [-0.3, -0.25) is 4.79 Å². The molecule has 0 unspecified atom stereocenters. The molecule has 0 aliphatic heterocycles. The molecule has 0 saturated heterocycles. The van der Waals surface area contributed by atoms with Crippen LogP contribution in [0.25, 0.3) is 0 Å². The first-order chi connectivity index (χ1) is 12.1. The number of carbonyl (C=O) groups is 1. The van der Waals surface area contributed by atoms with Gasteiger partial charge in [0.2, 0.25) is 5.91 Å². The van der Waals surface area contributed by atoms with Crippen molar-refractivity contribution in [2.45, 2.75) is 102 Å². The molecule has 7 N–H and O–H groups in total. The van der Waals surface area contributed by atoms with Crippen molar-refractivity contribution < 1.29 is 4.79 Å². The molecule has 0 saturated carbocycles. The van der Waals surface area contributed by atoms with Crippen LogP contribution in [-0.2, 0) is 4.79 Å². The second-order valence-electron chi connectivity index (χ2n) is 7.38. The van der Waals surface area contributed by atoms with Crippen LogP contribution in [0, 0.1) is 0 Å². The summed E-state index contributed by atoms with van der Waals surface area (Å²) in [6, 6.07) is 0. The number of carbonyl (C=O) groups excluding carboxylic acids is 1. The maximum atomic E-state index is 12.5. The first-order valence-corrected chi connectivity index (χ1v) is 10.6. The summed E-state index contributed by atoms with van der Waals surface area (Å²) in [7, 11) is 0. The third-order valence-electron chi connectivity index (χ3n) is 4.99. The van der Waals surface area contributed by atoms with Crippen LogP contribution in [0.2, 0.25) is 0 Å². The van der Waals surface area contributed by atoms with Crippen molar-refractivity contribution >= 4 is 43.1 Å². The molecule has 0 aromatic carbocycles. The van der Waals surface area contributed by atoms with Crippen LogP contribution in [0.3, 0.4) is 0 Å². The maximum absolute atomic E-state index is 12.5. The summed E-state index contributed by atoms with van der Waals surface area (Å²) in [6.07, 6.45) is 14.8. The van der Waals surface area contributed by atoms with Gasteiger partial charge in [-0.25, -0.2) is 0 Å².